The number of anilines is 2. The Morgan fingerprint density at radius 2 is 1.81 bits per heavy atom. The summed E-state index contributed by atoms with van der Waals surface area (Å²) in [7, 11) is 1.82. The van der Waals surface area contributed by atoms with Crippen LogP contribution in [-0.2, 0) is 4.79 Å². The Bertz CT molecular complexity index is 1680. The molecule has 1 amide bonds. The zero-order valence-electron chi connectivity index (χ0n) is 20.7. The third-order valence-corrected chi connectivity index (χ3v) is 6.94. The summed E-state index contributed by atoms with van der Waals surface area (Å²) in [5.74, 6) is 0.571. The maximum atomic E-state index is 13.4. The Labute approximate surface area is 213 Å². The molecule has 0 radical (unpaired) electrons. The highest BCUT2D eigenvalue weighted by atomic mass is 16.2. The van der Waals surface area contributed by atoms with E-state index in [1.807, 2.05) is 74.6 Å². The predicted octanol–water partition coefficient (Wildman–Crippen LogP) is 3.92. The Hall–Kier alpha value is -4.66. The van der Waals surface area contributed by atoms with Crippen LogP contribution in [0.2, 0.25) is 0 Å². The van der Waals surface area contributed by atoms with E-state index < -0.39 is 0 Å². The lowest BCUT2D eigenvalue weighted by molar-refractivity contribution is -0.129. The number of imidazole rings is 1. The fourth-order valence-electron chi connectivity index (χ4n) is 4.83. The number of piperazine rings is 1. The normalized spacial score (nSPS) is 14.9. The predicted molar refractivity (Wildman–Crippen MR) is 146 cm³/mol. The van der Waals surface area contributed by atoms with Crippen LogP contribution in [0.4, 0.5) is 11.4 Å². The Kier molecular flexibility index (Phi) is 5.60. The largest absolute Gasteiger partial charge is 0.376 e. The van der Waals surface area contributed by atoms with Gasteiger partial charge < -0.3 is 25.1 Å². The van der Waals surface area contributed by atoms with Crippen molar-refractivity contribution in [3.05, 3.63) is 82.9 Å². The molecule has 9 heteroatoms. The summed E-state index contributed by atoms with van der Waals surface area (Å²) in [5.41, 5.74) is 5.00. The summed E-state index contributed by atoms with van der Waals surface area (Å²) in [5, 5.41) is 4.42. The molecular formula is C28H27N7O2. The highest BCUT2D eigenvalue weighted by Crippen LogP contribution is 2.33. The van der Waals surface area contributed by atoms with Crippen LogP contribution in [0.1, 0.15) is 18.7 Å². The topological polar surface area (TPSA) is 110 Å². The molecule has 1 aliphatic rings. The number of carbonyl (C=O) groups is 1. The average Bonchev–Trinajstić information content (AvgIpc) is 3.33. The van der Waals surface area contributed by atoms with Gasteiger partial charge in [-0.05, 0) is 43.3 Å². The minimum Gasteiger partial charge on any atom is -0.376 e. The molecular weight excluding hydrogens is 466 g/mol. The number of hydrogen-bond donors (Lipinski definition) is 3. The van der Waals surface area contributed by atoms with E-state index in [2.05, 4.69) is 25.2 Å². The third kappa shape index (κ3) is 4.18. The molecule has 1 aliphatic heterocycles. The molecule has 3 N–H and O–H groups in total. The molecule has 4 heterocycles. The molecule has 0 aliphatic carbocycles. The number of aromatic amines is 2. The zero-order chi connectivity index (χ0) is 25.5. The van der Waals surface area contributed by atoms with Gasteiger partial charge in [-0.25, -0.2) is 4.98 Å². The summed E-state index contributed by atoms with van der Waals surface area (Å²) in [6.07, 6.45) is 1.76. The standard InChI is InChI=1S/C28H27N7O2/c1-17(20-8-5-6-12-29-20)30-26-19-7-3-4-9-21(19)33-28(37)25(26)27-31-22-11-10-18(15-23(22)32-27)35-14-13-34(2)24(36)16-35/h3-12,15,17H,13-14,16H2,1-2H3,(H,31,32)(H2,30,33,37). The summed E-state index contributed by atoms with van der Waals surface area (Å²) >= 11 is 0. The highest BCUT2D eigenvalue weighted by Gasteiger charge is 2.23. The first-order valence-electron chi connectivity index (χ1n) is 12.3. The zero-order valence-corrected chi connectivity index (χ0v) is 20.7. The molecule has 0 spiro atoms. The maximum absolute atomic E-state index is 13.4. The monoisotopic (exact) mass is 493 g/mol. The van der Waals surface area contributed by atoms with Gasteiger partial charge in [0.05, 0.1) is 40.5 Å². The van der Waals surface area contributed by atoms with Crippen molar-refractivity contribution in [1.29, 1.82) is 0 Å². The molecule has 9 nitrogen and oxygen atoms in total. The van der Waals surface area contributed by atoms with Crippen LogP contribution in [0, 0.1) is 0 Å². The number of benzene rings is 2. The molecule has 186 valence electrons. The Morgan fingerprint density at radius 3 is 2.62 bits per heavy atom. The lowest BCUT2D eigenvalue weighted by atomic mass is 10.1. The number of amides is 1. The number of aromatic nitrogens is 4. The molecule has 0 bridgehead atoms. The molecule has 1 unspecified atom stereocenters. The van der Waals surface area contributed by atoms with Gasteiger partial charge >= 0.3 is 0 Å². The van der Waals surface area contributed by atoms with E-state index in [1.165, 1.54) is 0 Å². The van der Waals surface area contributed by atoms with Crippen molar-refractivity contribution in [3.8, 4) is 11.4 Å². The molecule has 0 saturated carbocycles. The van der Waals surface area contributed by atoms with E-state index in [-0.39, 0.29) is 17.5 Å². The summed E-state index contributed by atoms with van der Waals surface area (Å²) in [6, 6.07) is 19.2. The minimum atomic E-state index is -0.238. The first kappa shape index (κ1) is 22.8. The molecule has 37 heavy (non-hydrogen) atoms. The van der Waals surface area contributed by atoms with Gasteiger partial charge in [0, 0.05) is 37.4 Å². The number of nitrogens with zero attached hydrogens (tertiary/aromatic N) is 4. The maximum Gasteiger partial charge on any atom is 0.261 e. The quantitative estimate of drug-likeness (QED) is 0.342. The molecule has 1 saturated heterocycles. The molecule has 6 rings (SSSR count). The van der Waals surface area contributed by atoms with Gasteiger partial charge in [0.2, 0.25) is 5.91 Å². The average molecular weight is 494 g/mol. The van der Waals surface area contributed by atoms with Gasteiger partial charge in [-0.15, -0.1) is 0 Å². The van der Waals surface area contributed by atoms with E-state index >= 15 is 0 Å². The Balaban J connectivity index is 1.44. The SMILES string of the molecule is CC(Nc1c(-c2nc3ccc(N4CCN(C)C(=O)C4)cc3[nH]2)c(=O)[nH]c2ccccc12)c1ccccn1. The van der Waals surface area contributed by atoms with E-state index in [1.54, 1.807) is 11.1 Å². The van der Waals surface area contributed by atoms with Gasteiger partial charge in [0.15, 0.2) is 0 Å². The van der Waals surface area contributed by atoms with Crippen LogP contribution in [0.5, 0.6) is 0 Å². The fourth-order valence-corrected chi connectivity index (χ4v) is 4.83. The van der Waals surface area contributed by atoms with Crippen LogP contribution >= 0.6 is 0 Å². The van der Waals surface area contributed by atoms with Gasteiger partial charge in [0.1, 0.15) is 11.4 Å². The second-order valence-corrected chi connectivity index (χ2v) is 9.39. The van der Waals surface area contributed by atoms with Gasteiger partial charge in [-0.1, -0.05) is 24.3 Å². The molecule has 1 fully saturated rings. The lowest BCUT2D eigenvalue weighted by Crippen LogP contribution is -2.48. The van der Waals surface area contributed by atoms with E-state index in [0.717, 1.165) is 39.9 Å². The van der Waals surface area contributed by atoms with Crippen LogP contribution in [-0.4, -0.2) is 57.4 Å². The molecule has 3 aromatic heterocycles. The summed E-state index contributed by atoms with van der Waals surface area (Å²) in [6.45, 7) is 3.80. The lowest BCUT2D eigenvalue weighted by Gasteiger charge is -2.33. The van der Waals surface area contributed by atoms with Crippen molar-refractivity contribution >= 4 is 39.2 Å². The second kappa shape index (κ2) is 9.09. The van der Waals surface area contributed by atoms with Crippen LogP contribution < -0.4 is 15.8 Å². The number of para-hydroxylation sites is 1. The van der Waals surface area contributed by atoms with Crippen LogP contribution in [0.15, 0.2) is 71.7 Å². The van der Waals surface area contributed by atoms with Crippen molar-refractivity contribution in [1.82, 2.24) is 24.8 Å². The minimum absolute atomic E-state index is 0.0945. The Morgan fingerprint density at radius 1 is 0.973 bits per heavy atom. The number of carbonyl (C=O) groups excluding carboxylic acids is 1. The molecule has 5 aromatic rings. The third-order valence-electron chi connectivity index (χ3n) is 6.94. The second-order valence-electron chi connectivity index (χ2n) is 9.39. The van der Waals surface area contributed by atoms with Gasteiger partial charge in [-0.3, -0.25) is 14.6 Å². The smallest absolute Gasteiger partial charge is 0.261 e. The van der Waals surface area contributed by atoms with E-state index in [0.29, 0.717) is 30.2 Å². The number of hydrogen-bond acceptors (Lipinski definition) is 6. The number of fused-ring (bicyclic) bond motifs is 2. The molecule has 2 aromatic carbocycles. The van der Waals surface area contributed by atoms with Gasteiger partial charge in [-0.2, -0.15) is 0 Å². The first-order valence-corrected chi connectivity index (χ1v) is 12.3. The number of pyridine rings is 2. The number of likely N-dealkylation sites (N-methyl/N-ethyl adjacent to an activating group) is 1. The van der Waals surface area contributed by atoms with Crippen molar-refractivity contribution in [3.63, 3.8) is 0 Å². The van der Waals surface area contributed by atoms with E-state index in [4.69, 9.17) is 4.98 Å². The fraction of sp³-hybridized carbons (Fsp3) is 0.214. The van der Waals surface area contributed by atoms with Crippen LogP contribution in [0.3, 0.4) is 0 Å². The van der Waals surface area contributed by atoms with Gasteiger partial charge in [0.25, 0.3) is 5.56 Å². The molecule has 1 atom stereocenters. The van der Waals surface area contributed by atoms with Crippen molar-refractivity contribution in [2.24, 2.45) is 0 Å². The highest BCUT2D eigenvalue weighted by molar-refractivity contribution is 5.99. The van der Waals surface area contributed by atoms with E-state index in [9.17, 15) is 9.59 Å². The number of nitrogens with one attached hydrogen (secondary N) is 3. The summed E-state index contributed by atoms with van der Waals surface area (Å²) in [4.78, 5) is 45.1. The first-order chi connectivity index (χ1) is 18.0. The number of H-pyrrole nitrogens is 2. The van der Waals surface area contributed by atoms with Crippen molar-refractivity contribution in [2.75, 3.05) is 36.9 Å². The van der Waals surface area contributed by atoms with Crippen LogP contribution in [0.25, 0.3) is 33.3 Å². The summed E-state index contributed by atoms with van der Waals surface area (Å²) < 4.78 is 0. The van der Waals surface area contributed by atoms with Crippen molar-refractivity contribution < 1.29 is 4.79 Å². The van der Waals surface area contributed by atoms with Crippen molar-refractivity contribution in [2.45, 2.75) is 13.0 Å². The number of rotatable bonds is 5.